The highest BCUT2D eigenvalue weighted by atomic mass is 16.5. The minimum Gasteiger partial charge on any atom is -0.478 e. The van der Waals surface area contributed by atoms with Gasteiger partial charge in [-0.15, -0.1) is 5.10 Å². The zero-order chi connectivity index (χ0) is 21.7. The Labute approximate surface area is 176 Å². The fourth-order valence-electron chi connectivity index (χ4n) is 4.36. The molecule has 0 bridgehead atoms. The van der Waals surface area contributed by atoms with E-state index in [2.05, 4.69) is 22.6 Å². The Morgan fingerprint density at radius 1 is 1.33 bits per heavy atom. The summed E-state index contributed by atoms with van der Waals surface area (Å²) in [6.45, 7) is 4.02. The highest BCUT2D eigenvalue weighted by Gasteiger charge is 2.40. The van der Waals surface area contributed by atoms with Crippen LogP contribution in [0.2, 0.25) is 0 Å². The van der Waals surface area contributed by atoms with Crippen molar-refractivity contribution < 1.29 is 24.5 Å². The first kappa shape index (κ1) is 22.4. The molecule has 2 aliphatic rings. The van der Waals surface area contributed by atoms with E-state index in [0.29, 0.717) is 25.1 Å². The van der Waals surface area contributed by atoms with Gasteiger partial charge in [0.2, 0.25) is 5.91 Å². The van der Waals surface area contributed by atoms with Crippen LogP contribution in [-0.4, -0.2) is 55.8 Å². The van der Waals surface area contributed by atoms with Crippen molar-refractivity contribution in [3.63, 3.8) is 0 Å². The molecule has 0 saturated heterocycles. The minimum absolute atomic E-state index is 0.203. The van der Waals surface area contributed by atoms with Gasteiger partial charge in [-0.05, 0) is 25.3 Å². The van der Waals surface area contributed by atoms with Crippen molar-refractivity contribution in [2.45, 2.75) is 89.0 Å². The lowest BCUT2D eigenvalue weighted by Crippen LogP contribution is -2.51. The standard InChI is InChI=1S/C21H32N4O5/c1-3-4-7-10-30-17-12-15(20(27)28)11-16(19(17)22-14(2)26)25-13-18(23-24-25)21(29)8-5-6-9-21/h11,13,16-17,19,29H,3-10,12H2,1-2H3,(H,22,26)(H,27,28). The van der Waals surface area contributed by atoms with E-state index in [0.717, 1.165) is 32.1 Å². The van der Waals surface area contributed by atoms with Gasteiger partial charge in [0, 0.05) is 25.5 Å². The number of carbonyl (C=O) groups is 2. The molecule has 3 N–H and O–H groups in total. The van der Waals surface area contributed by atoms with E-state index < -0.39 is 29.8 Å². The first-order chi connectivity index (χ1) is 14.3. The Morgan fingerprint density at radius 3 is 2.70 bits per heavy atom. The first-order valence-corrected chi connectivity index (χ1v) is 10.8. The van der Waals surface area contributed by atoms with E-state index in [1.807, 2.05) is 0 Å². The lowest BCUT2D eigenvalue weighted by molar-refractivity contribution is -0.133. The lowest BCUT2D eigenvalue weighted by Gasteiger charge is -2.36. The van der Waals surface area contributed by atoms with Crippen LogP contribution in [0, 0.1) is 0 Å². The van der Waals surface area contributed by atoms with Gasteiger partial charge in [0.25, 0.3) is 0 Å². The van der Waals surface area contributed by atoms with E-state index in [1.165, 1.54) is 11.6 Å². The number of amides is 1. The Hall–Kier alpha value is -2.26. The molecular weight excluding hydrogens is 388 g/mol. The number of nitrogens with zero attached hydrogens (tertiary/aromatic N) is 3. The van der Waals surface area contributed by atoms with E-state index in [1.54, 1.807) is 12.3 Å². The fourth-order valence-corrected chi connectivity index (χ4v) is 4.36. The smallest absolute Gasteiger partial charge is 0.331 e. The summed E-state index contributed by atoms with van der Waals surface area (Å²) in [6.07, 6.45) is 9.04. The van der Waals surface area contributed by atoms with Crippen LogP contribution in [0.5, 0.6) is 0 Å². The fraction of sp³-hybridized carbons (Fsp3) is 0.714. The maximum absolute atomic E-state index is 11.9. The Kier molecular flexibility index (Phi) is 7.25. The average molecular weight is 421 g/mol. The molecule has 0 aliphatic heterocycles. The summed E-state index contributed by atoms with van der Waals surface area (Å²) in [5, 5.41) is 31.7. The minimum atomic E-state index is -1.02. The topological polar surface area (TPSA) is 127 Å². The van der Waals surface area contributed by atoms with Crippen molar-refractivity contribution in [1.29, 1.82) is 0 Å². The van der Waals surface area contributed by atoms with E-state index in [-0.39, 0.29) is 17.9 Å². The highest BCUT2D eigenvalue weighted by Crippen LogP contribution is 2.38. The molecule has 0 aromatic carbocycles. The number of carbonyl (C=O) groups excluding carboxylic acids is 1. The highest BCUT2D eigenvalue weighted by molar-refractivity contribution is 5.87. The van der Waals surface area contributed by atoms with Crippen LogP contribution in [0.25, 0.3) is 0 Å². The number of aliphatic carboxylic acids is 1. The maximum atomic E-state index is 11.9. The van der Waals surface area contributed by atoms with Crippen LogP contribution < -0.4 is 5.32 Å². The van der Waals surface area contributed by atoms with Gasteiger partial charge in [0.1, 0.15) is 11.3 Å². The molecule has 9 nitrogen and oxygen atoms in total. The van der Waals surface area contributed by atoms with Crippen LogP contribution >= 0.6 is 0 Å². The van der Waals surface area contributed by atoms with Gasteiger partial charge in [0.15, 0.2) is 0 Å². The number of carboxylic acid groups (broad SMARTS) is 1. The number of aliphatic hydroxyl groups is 1. The Bertz CT molecular complexity index is 784. The number of hydrogen-bond acceptors (Lipinski definition) is 6. The summed E-state index contributed by atoms with van der Waals surface area (Å²) in [6, 6.07) is -1.06. The third kappa shape index (κ3) is 5.07. The molecule has 2 aliphatic carbocycles. The molecule has 3 rings (SSSR count). The zero-order valence-corrected chi connectivity index (χ0v) is 17.7. The zero-order valence-electron chi connectivity index (χ0n) is 17.7. The van der Waals surface area contributed by atoms with Crippen molar-refractivity contribution in [3.05, 3.63) is 23.5 Å². The number of rotatable bonds is 9. The molecule has 166 valence electrons. The van der Waals surface area contributed by atoms with Gasteiger partial charge >= 0.3 is 5.97 Å². The van der Waals surface area contributed by atoms with Crippen molar-refractivity contribution >= 4 is 11.9 Å². The number of hydrogen-bond donors (Lipinski definition) is 3. The van der Waals surface area contributed by atoms with Gasteiger partial charge in [-0.25, -0.2) is 9.48 Å². The number of unbranched alkanes of at least 4 members (excludes halogenated alkanes) is 2. The second-order valence-electron chi connectivity index (χ2n) is 8.36. The summed E-state index contributed by atoms with van der Waals surface area (Å²) in [5.41, 5.74) is -0.289. The molecule has 1 amide bonds. The molecule has 1 fully saturated rings. The molecule has 1 aromatic heterocycles. The van der Waals surface area contributed by atoms with E-state index in [4.69, 9.17) is 4.74 Å². The second kappa shape index (κ2) is 9.70. The van der Waals surface area contributed by atoms with Gasteiger partial charge < -0.3 is 20.3 Å². The summed E-state index contributed by atoms with van der Waals surface area (Å²) in [7, 11) is 0. The molecular formula is C21H32N4O5. The lowest BCUT2D eigenvalue weighted by atomic mass is 9.88. The molecule has 3 atom stereocenters. The molecule has 0 radical (unpaired) electrons. The Morgan fingerprint density at radius 2 is 2.07 bits per heavy atom. The van der Waals surface area contributed by atoms with Crippen LogP contribution in [0.4, 0.5) is 0 Å². The normalized spacial score (nSPS) is 25.7. The van der Waals surface area contributed by atoms with Crippen molar-refractivity contribution in [2.24, 2.45) is 0 Å². The maximum Gasteiger partial charge on any atom is 0.331 e. The molecule has 1 heterocycles. The summed E-state index contributed by atoms with van der Waals surface area (Å²) < 4.78 is 7.57. The molecule has 1 aromatic rings. The predicted molar refractivity (Wildman–Crippen MR) is 109 cm³/mol. The number of ether oxygens (including phenoxy) is 1. The SMILES string of the molecule is CCCCCOC1CC(C(=O)O)=CC(n2cc(C3(O)CCCC3)nn2)C1NC(C)=O. The molecule has 3 unspecified atom stereocenters. The van der Waals surface area contributed by atoms with Gasteiger partial charge in [0.05, 0.1) is 24.4 Å². The van der Waals surface area contributed by atoms with E-state index >= 15 is 0 Å². The van der Waals surface area contributed by atoms with E-state index in [9.17, 15) is 19.8 Å². The summed E-state index contributed by atoms with van der Waals surface area (Å²) in [5.74, 6) is -1.24. The molecule has 30 heavy (non-hydrogen) atoms. The summed E-state index contributed by atoms with van der Waals surface area (Å²) >= 11 is 0. The monoisotopic (exact) mass is 420 g/mol. The van der Waals surface area contributed by atoms with Gasteiger partial charge in [-0.2, -0.15) is 0 Å². The average Bonchev–Trinajstić information content (AvgIpc) is 3.36. The number of nitrogens with one attached hydrogen (secondary N) is 1. The van der Waals surface area contributed by atoms with Gasteiger partial charge in [-0.1, -0.05) is 37.8 Å². The van der Waals surface area contributed by atoms with Crippen LogP contribution in [-0.2, 0) is 19.9 Å². The molecule has 9 heteroatoms. The number of aromatic nitrogens is 3. The third-order valence-corrected chi connectivity index (χ3v) is 6.01. The summed E-state index contributed by atoms with van der Waals surface area (Å²) in [4.78, 5) is 23.7. The predicted octanol–water partition coefficient (Wildman–Crippen LogP) is 2.08. The molecule has 1 saturated carbocycles. The molecule has 0 spiro atoms. The third-order valence-electron chi connectivity index (χ3n) is 6.01. The van der Waals surface area contributed by atoms with Crippen LogP contribution in [0.1, 0.15) is 76.9 Å². The largest absolute Gasteiger partial charge is 0.478 e. The van der Waals surface area contributed by atoms with Crippen LogP contribution in [0.15, 0.2) is 17.8 Å². The van der Waals surface area contributed by atoms with Crippen molar-refractivity contribution in [3.8, 4) is 0 Å². The Balaban J connectivity index is 1.89. The van der Waals surface area contributed by atoms with Gasteiger partial charge in [-0.3, -0.25) is 4.79 Å². The number of carboxylic acids is 1. The van der Waals surface area contributed by atoms with Crippen LogP contribution in [0.3, 0.4) is 0 Å². The second-order valence-corrected chi connectivity index (χ2v) is 8.36. The first-order valence-electron chi connectivity index (χ1n) is 10.8. The van der Waals surface area contributed by atoms with Crippen molar-refractivity contribution in [1.82, 2.24) is 20.3 Å². The quantitative estimate of drug-likeness (QED) is 0.522. The van der Waals surface area contributed by atoms with Crippen molar-refractivity contribution in [2.75, 3.05) is 6.61 Å².